The standard InChI is InChI=1S/C14H12N2O/c1-2-3-11-17-14-15-10-9-13(16-14)12-7-5-4-6-8-12/h1,4-10H,3,11H2. The summed E-state index contributed by atoms with van der Waals surface area (Å²) < 4.78 is 5.34. The Labute approximate surface area is 101 Å². The first kappa shape index (κ1) is 11.2. The van der Waals surface area contributed by atoms with Gasteiger partial charge in [-0.1, -0.05) is 30.3 Å². The smallest absolute Gasteiger partial charge is 0.316 e. The summed E-state index contributed by atoms with van der Waals surface area (Å²) in [7, 11) is 0. The first-order chi connectivity index (χ1) is 8.40. The molecule has 0 aliphatic heterocycles. The van der Waals surface area contributed by atoms with Crippen molar-refractivity contribution in [2.24, 2.45) is 0 Å². The fraction of sp³-hybridized carbons (Fsp3) is 0.143. The third kappa shape index (κ3) is 3.05. The molecular formula is C14H12N2O. The molecule has 0 spiro atoms. The van der Waals surface area contributed by atoms with E-state index in [1.54, 1.807) is 6.20 Å². The Kier molecular flexibility index (Phi) is 3.72. The van der Waals surface area contributed by atoms with Crippen LogP contribution in [0.3, 0.4) is 0 Å². The third-order valence-electron chi connectivity index (χ3n) is 2.18. The fourth-order valence-corrected chi connectivity index (χ4v) is 1.38. The Hall–Kier alpha value is -2.34. The zero-order valence-electron chi connectivity index (χ0n) is 9.34. The molecule has 0 saturated heterocycles. The van der Waals surface area contributed by atoms with Crippen molar-refractivity contribution in [2.75, 3.05) is 6.61 Å². The quantitative estimate of drug-likeness (QED) is 0.591. The second-order valence-corrected chi connectivity index (χ2v) is 3.39. The molecule has 0 bridgehead atoms. The topological polar surface area (TPSA) is 35.0 Å². The Bertz CT molecular complexity index is 517. The van der Waals surface area contributed by atoms with Gasteiger partial charge >= 0.3 is 6.01 Å². The normalized spacial score (nSPS) is 9.59. The summed E-state index contributed by atoms with van der Waals surface area (Å²) in [5, 5.41) is 0. The number of benzene rings is 1. The molecule has 2 rings (SSSR count). The molecule has 0 atom stereocenters. The zero-order chi connectivity index (χ0) is 11.9. The van der Waals surface area contributed by atoms with Crippen molar-refractivity contribution in [2.45, 2.75) is 6.42 Å². The highest BCUT2D eigenvalue weighted by Gasteiger charge is 2.01. The maximum absolute atomic E-state index is 5.34. The summed E-state index contributed by atoms with van der Waals surface area (Å²) in [6.45, 7) is 0.439. The van der Waals surface area contributed by atoms with Crippen LogP contribution in [0.5, 0.6) is 6.01 Å². The van der Waals surface area contributed by atoms with Crippen LogP contribution in [0.4, 0.5) is 0 Å². The highest BCUT2D eigenvalue weighted by atomic mass is 16.5. The van der Waals surface area contributed by atoms with Gasteiger partial charge in [0.2, 0.25) is 0 Å². The Balaban J connectivity index is 2.15. The lowest BCUT2D eigenvalue weighted by molar-refractivity contribution is 0.301. The third-order valence-corrected chi connectivity index (χ3v) is 2.18. The van der Waals surface area contributed by atoms with Crippen LogP contribution in [0.1, 0.15) is 6.42 Å². The van der Waals surface area contributed by atoms with Gasteiger partial charge in [-0.3, -0.25) is 0 Å². The predicted octanol–water partition coefficient (Wildman–Crippen LogP) is 2.55. The monoisotopic (exact) mass is 224 g/mol. The Morgan fingerprint density at radius 3 is 2.76 bits per heavy atom. The molecule has 0 radical (unpaired) electrons. The van der Waals surface area contributed by atoms with E-state index in [-0.39, 0.29) is 0 Å². The van der Waals surface area contributed by atoms with Crippen molar-refractivity contribution in [3.8, 4) is 29.6 Å². The maximum Gasteiger partial charge on any atom is 0.316 e. The van der Waals surface area contributed by atoms with Crippen LogP contribution in [0.2, 0.25) is 0 Å². The van der Waals surface area contributed by atoms with E-state index in [1.807, 2.05) is 36.4 Å². The van der Waals surface area contributed by atoms with Crippen LogP contribution >= 0.6 is 0 Å². The molecule has 84 valence electrons. The van der Waals surface area contributed by atoms with Crippen LogP contribution in [0.15, 0.2) is 42.6 Å². The predicted molar refractivity (Wildman–Crippen MR) is 66.4 cm³/mol. The Morgan fingerprint density at radius 2 is 2.00 bits per heavy atom. The number of terminal acetylenes is 1. The SMILES string of the molecule is C#CCCOc1nccc(-c2ccccc2)n1. The van der Waals surface area contributed by atoms with Crippen LogP contribution < -0.4 is 4.74 Å². The first-order valence-corrected chi connectivity index (χ1v) is 5.35. The van der Waals surface area contributed by atoms with Crippen molar-refractivity contribution in [3.05, 3.63) is 42.6 Å². The molecular weight excluding hydrogens is 212 g/mol. The van der Waals surface area contributed by atoms with Crippen molar-refractivity contribution < 1.29 is 4.74 Å². The molecule has 17 heavy (non-hydrogen) atoms. The number of aromatic nitrogens is 2. The van der Waals surface area contributed by atoms with E-state index in [9.17, 15) is 0 Å². The van der Waals surface area contributed by atoms with E-state index >= 15 is 0 Å². The number of hydrogen-bond acceptors (Lipinski definition) is 3. The van der Waals surface area contributed by atoms with Gasteiger partial charge < -0.3 is 4.74 Å². The fourth-order valence-electron chi connectivity index (χ4n) is 1.38. The van der Waals surface area contributed by atoms with E-state index in [0.717, 1.165) is 11.3 Å². The average molecular weight is 224 g/mol. The van der Waals surface area contributed by atoms with Crippen molar-refractivity contribution >= 4 is 0 Å². The summed E-state index contributed by atoms with van der Waals surface area (Å²) in [5.74, 6) is 2.50. The minimum Gasteiger partial charge on any atom is -0.462 e. The Morgan fingerprint density at radius 1 is 1.18 bits per heavy atom. The maximum atomic E-state index is 5.34. The molecule has 3 nitrogen and oxygen atoms in total. The van der Waals surface area contributed by atoms with Gasteiger partial charge in [0.1, 0.15) is 6.61 Å². The van der Waals surface area contributed by atoms with Crippen LogP contribution in [-0.4, -0.2) is 16.6 Å². The second-order valence-electron chi connectivity index (χ2n) is 3.39. The van der Waals surface area contributed by atoms with Crippen LogP contribution in [0, 0.1) is 12.3 Å². The summed E-state index contributed by atoms with van der Waals surface area (Å²) in [6, 6.07) is 12.1. The molecule has 0 N–H and O–H groups in total. The lowest BCUT2D eigenvalue weighted by Gasteiger charge is -2.04. The highest BCUT2D eigenvalue weighted by molar-refractivity contribution is 5.58. The van der Waals surface area contributed by atoms with Crippen LogP contribution in [-0.2, 0) is 0 Å². The average Bonchev–Trinajstić information content (AvgIpc) is 2.41. The van der Waals surface area contributed by atoms with Gasteiger partial charge in [0.15, 0.2) is 0 Å². The van der Waals surface area contributed by atoms with Gasteiger partial charge in [-0.25, -0.2) is 4.98 Å². The van der Waals surface area contributed by atoms with Crippen LogP contribution in [0.25, 0.3) is 11.3 Å². The summed E-state index contributed by atoms with van der Waals surface area (Å²) in [6.07, 6.45) is 7.38. The van der Waals surface area contributed by atoms with Gasteiger partial charge in [0.25, 0.3) is 0 Å². The van der Waals surface area contributed by atoms with Gasteiger partial charge in [0.05, 0.1) is 5.69 Å². The molecule has 2 aromatic rings. The minimum absolute atomic E-state index is 0.363. The first-order valence-electron chi connectivity index (χ1n) is 5.35. The van der Waals surface area contributed by atoms with Gasteiger partial charge in [-0.2, -0.15) is 4.98 Å². The van der Waals surface area contributed by atoms with E-state index in [4.69, 9.17) is 11.2 Å². The van der Waals surface area contributed by atoms with E-state index in [1.165, 1.54) is 0 Å². The molecule has 0 fully saturated rings. The molecule has 0 unspecified atom stereocenters. The molecule has 0 saturated carbocycles. The van der Waals surface area contributed by atoms with Gasteiger partial charge in [-0.05, 0) is 6.07 Å². The number of hydrogen-bond donors (Lipinski definition) is 0. The van der Waals surface area contributed by atoms with E-state index in [2.05, 4.69) is 15.9 Å². The summed E-state index contributed by atoms with van der Waals surface area (Å²) in [4.78, 5) is 8.35. The number of ether oxygens (including phenoxy) is 1. The molecule has 1 heterocycles. The molecule has 1 aromatic carbocycles. The molecule has 1 aromatic heterocycles. The lowest BCUT2D eigenvalue weighted by Crippen LogP contribution is -2.00. The molecule has 0 aliphatic rings. The highest BCUT2D eigenvalue weighted by Crippen LogP contribution is 2.17. The number of nitrogens with zero attached hydrogens (tertiary/aromatic N) is 2. The molecule has 0 amide bonds. The number of rotatable bonds is 4. The molecule has 3 heteroatoms. The van der Waals surface area contributed by atoms with Crippen molar-refractivity contribution in [1.29, 1.82) is 0 Å². The largest absolute Gasteiger partial charge is 0.462 e. The van der Waals surface area contributed by atoms with Gasteiger partial charge in [-0.15, -0.1) is 12.3 Å². The van der Waals surface area contributed by atoms with Gasteiger partial charge in [0, 0.05) is 18.2 Å². The summed E-state index contributed by atoms with van der Waals surface area (Å²) in [5.41, 5.74) is 1.88. The van der Waals surface area contributed by atoms with Crippen molar-refractivity contribution in [3.63, 3.8) is 0 Å². The lowest BCUT2D eigenvalue weighted by atomic mass is 10.1. The summed E-state index contributed by atoms with van der Waals surface area (Å²) >= 11 is 0. The van der Waals surface area contributed by atoms with Crippen molar-refractivity contribution in [1.82, 2.24) is 9.97 Å². The molecule has 0 aliphatic carbocycles. The van der Waals surface area contributed by atoms with E-state index in [0.29, 0.717) is 19.0 Å². The van der Waals surface area contributed by atoms with E-state index < -0.39 is 0 Å². The zero-order valence-corrected chi connectivity index (χ0v) is 9.34. The second kappa shape index (κ2) is 5.66. The minimum atomic E-state index is 0.363.